The van der Waals surface area contributed by atoms with Crippen LogP contribution in [-0.2, 0) is 4.79 Å². The van der Waals surface area contributed by atoms with E-state index in [4.69, 9.17) is 27.2 Å². The minimum absolute atomic E-state index is 0.160. The average Bonchev–Trinajstić information content (AvgIpc) is 2.20. The summed E-state index contributed by atoms with van der Waals surface area (Å²) in [6, 6.07) is 2.82. The third-order valence-electron chi connectivity index (χ3n) is 2.29. The van der Waals surface area contributed by atoms with Crippen molar-refractivity contribution in [3.63, 3.8) is 0 Å². The summed E-state index contributed by atoms with van der Waals surface area (Å²) in [6.07, 6.45) is -0.160. The third-order valence-corrected chi connectivity index (χ3v) is 2.80. The summed E-state index contributed by atoms with van der Waals surface area (Å²) in [4.78, 5) is 10.6. The van der Waals surface area contributed by atoms with Gasteiger partial charge in [0.25, 0.3) is 0 Å². The van der Waals surface area contributed by atoms with E-state index in [0.717, 1.165) is 5.56 Å². The van der Waals surface area contributed by atoms with Crippen LogP contribution in [0.2, 0.25) is 5.02 Å². The molecule has 0 fully saturated rings. The van der Waals surface area contributed by atoms with E-state index in [1.54, 1.807) is 12.1 Å². The fourth-order valence-corrected chi connectivity index (χ4v) is 1.70. The summed E-state index contributed by atoms with van der Waals surface area (Å²) >= 11 is 6.07. The Kier molecular flexibility index (Phi) is 4.15. The van der Waals surface area contributed by atoms with Gasteiger partial charge in [-0.15, -0.1) is 0 Å². The lowest BCUT2D eigenvalue weighted by molar-refractivity contribution is -0.137. The molecule has 0 saturated heterocycles. The quantitative estimate of drug-likeness (QED) is 0.850. The zero-order chi connectivity index (χ0) is 12.3. The van der Waals surface area contributed by atoms with Crippen molar-refractivity contribution < 1.29 is 14.6 Å². The van der Waals surface area contributed by atoms with Crippen molar-refractivity contribution in [3.05, 3.63) is 28.3 Å². The standard InChI is InChI=1S/C11H14ClNO3/c1-6-3-7(16-2)4-8(11(6)12)9(13)5-10(14)15/h3-4,9H,5,13H2,1-2H3,(H,14,15). The summed E-state index contributed by atoms with van der Waals surface area (Å²) in [5, 5.41) is 9.17. The third kappa shape index (κ3) is 2.87. The highest BCUT2D eigenvalue weighted by Gasteiger charge is 2.16. The molecular formula is C11H14ClNO3. The number of carboxylic acid groups (broad SMARTS) is 1. The Hall–Kier alpha value is -1.26. The molecule has 1 aromatic rings. The predicted molar refractivity (Wildman–Crippen MR) is 61.9 cm³/mol. The molecule has 0 aromatic heterocycles. The first-order valence-corrected chi connectivity index (χ1v) is 5.15. The van der Waals surface area contributed by atoms with Crippen LogP contribution in [-0.4, -0.2) is 18.2 Å². The molecule has 3 N–H and O–H groups in total. The van der Waals surface area contributed by atoms with E-state index in [-0.39, 0.29) is 6.42 Å². The average molecular weight is 244 g/mol. The predicted octanol–water partition coefficient (Wildman–Crippen LogP) is 2.13. The van der Waals surface area contributed by atoms with Crippen LogP contribution in [0, 0.1) is 6.92 Å². The second-order valence-electron chi connectivity index (χ2n) is 3.55. The first-order chi connectivity index (χ1) is 7.45. The number of hydrogen-bond donors (Lipinski definition) is 2. The van der Waals surface area contributed by atoms with Gasteiger partial charge >= 0.3 is 5.97 Å². The number of benzene rings is 1. The second kappa shape index (κ2) is 5.18. The lowest BCUT2D eigenvalue weighted by Gasteiger charge is -2.14. The van der Waals surface area contributed by atoms with Gasteiger partial charge in [-0.1, -0.05) is 11.6 Å². The number of ether oxygens (including phenoxy) is 1. The number of carboxylic acids is 1. The van der Waals surface area contributed by atoms with Gasteiger partial charge in [-0.05, 0) is 30.2 Å². The monoisotopic (exact) mass is 243 g/mol. The number of rotatable bonds is 4. The molecule has 1 rings (SSSR count). The van der Waals surface area contributed by atoms with Gasteiger partial charge in [0.05, 0.1) is 13.5 Å². The molecule has 1 unspecified atom stereocenters. The van der Waals surface area contributed by atoms with Crippen LogP contribution in [0.25, 0.3) is 0 Å². The lowest BCUT2D eigenvalue weighted by Crippen LogP contribution is -2.15. The normalized spacial score (nSPS) is 12.2. The van der Waals surface area contributed by atoms with Crippen molar-refractivity contribution in [2.45, 2.75) is 19.4 Å². The highest BCUT2D eigenvalue weighted by atomic mass is 35.5. The maximum Gasteiger partial charge on any atom is 0.305 e. The Balaban J connectivity index is 3.10. The fourth-order valence-electron chi connectivity index (χ4n) is 1.45. The minimum Gasteiger partial charge on any atom is -0.497 e. The van der Waals surface area contributed by atoms with Gasteiger partial charge < -0.3 is 15.6 Å². The number of hydrogen-bond acceptors (Lipinski definition) is 3. The molecule has 0 aliphatic heterocycles. The van der Waals surface area contributed by atoms with Crippen LogP contribution < -0.4 is 10.5 Å². The number of halogens is 1. The fraction of sp³-hybridized carbons (Fsp3) is 0.364. The molecule has 88 valence electrons. The summed E-state index contributed by atoms with van der Waals surface area (Å²) in [7, 11) is 1.54. The summed E-state index contributed by atoms with van der Waals surface area (Å²) in [6.45, 7) is 1.82. The van der Waals surface area contributed by atoms with Gasteiger partial charge in [0, 0.05) is 11.1 Å². The summed E-state index contributed by atoms with van der Waals surface area (Å²) in [5.74, 6) is -0.332. The Morgan fingerprint density at radius 2 is 2.25 bits per heavy atom. The molecule has 1 aromatic carbocycles. The van der Waals surface area contributed by atoms with E-state index in [9.17, 15) is 4.79 Å². The van der Waals surface area contributed by atoms with Crippen LogP contribution in [0.15, 0.2) is 12.1 Å². The zero-order valence-electron chi connectivity index (χ0n) is 9.16. The van der Waals surface area contributed by atoms with Crippen molar-refractivity contribution in [1.82, 2.24) is 0 Å². The molecular weight excluding hydrogens is 230 g/mol. The maximum atomic E-state index is 10.6. The van der Waals surface area contributed by atoms with E-state index in [1.165, 1.54) is 7.11 Å². The van der Waals surface area contributed by atoms with Gasteiger partial charge in [0.1, 0.15) is 5.75 Å². The number of aliphatic carboxylic acids is 1. The molecule has 0 heterocycles. The van der Waals surface area contributed by atoms with Gasteiger partial charge in [0.2, 0.25) is 0 Å². The molecule has 16 heavy (non-hydrogen) atoms. The molecule has 5 heteroatoms. The molecule has 0 aliphatic rings. The van der Waals surface area contributed by atoms with Crippen LogP contribution in [0.1, 0.15) is 23.6 Å². The molecule has 0 spiro atoms. The maximum absolute atomic E-state index is 10.6. The first kappa shape index (κ1) is 12.8. The molecule has 0 amide bonds. The lowest BCUT2D eigenvalue weighted by atomic mass is 10.0. The van der Waals surface area contributed by atoms with Gasteiger partial charge in [-0.25, -0.2) is 0 Å². The van der Waals surface area contributed by atoms with Crippen LogP contribution in [0.3, 0.4) is 0 Å². The highest BCUT2D eigenvalue weighted by molar-refractivity contribution is 6.32. The number of nitrogens with two attached hydrogens (primary N) is 1. The number of carbonyl (C=O) groups is 1. The Morgan fingerprint density at radius 3 is 2.75 bits per heavy atom. The molecule has 0 radical (unpaired) electrons. The Morgan fingerprint density at radius 1 is 1.62 bits per heavy atom. The van der Waals surface area contributed by atoms with Gasteiger partial charge in [-0.3, -0.25) is 4.79 Å². The molecule has 1 atom stereocenters. The van der Waals surface area contributed by atoms with E-state index in [2.05, 4.69) is 0 Å². The van der Waals surface area contributed by atoms with Crippen molar-refractivity contribution in [1.29, 1.82) is 0 Å². The van der Waals surface area contributed by atoms with Crippen molar-refractivity contribution in [3.8, 4) is 5.75 Å². The number of methoxy groups -OCH3 is 1. The topological polar surface area (TPSA) is 72.5 Å². The Labute approximate surface area is 99.0 Å². The smallest absolute Gasteiger partial charge is 0.305 e. The summed E-state index contributed by atoms with van der Waals surface area (Å²) < 4.78 is 5.08. The van der Waals surface area contributed by atoms with E-state index in [0.29, 0.717) is 16.3 Å². The van der Waals surface area contributed by atoms with E-state index >= 15 is 0 Å². The van der Waals surface area contributed by atoms with Crippen LogP contribution in [0.4, 0.5) is 0 Å². The molecule has 0 bridgehead atoms. The van der Waals surface area contributed by atoms with Crippen molar-refractivity contribution in [2.75, 3.05) is 7.11 Å². The van der Waals surface area contributed by atoms with Crippen molar-refractivity contribution in [2.24, 2.45) is 5.73 Å². The minimum atomic E-state index is -0.955. The summed E-state index contributed by atoms with van der Waals surface area (Å²) in [5.41, 5.74) is 7.18. The van der Waals surface area contributed by atoms with Crippen LogP contribution in [0.5, 0.6) is 5.75 Å². The largest absolute Gasteiger partial charge is 0.497 e. The SMILES string of the molecule is COc1cc(C)c(Cl)c(C(N)CC(=O)O)c1. The van der Waals surface area contributed by atoms with Gasteiger partial charge in [0.15, 0.2) is 0 Å². The molecule has 0 aliphatic carbocycles. The molecule has 0 saturated carbocycles. The van der Waals surface area contributed by atoms with Crippen LogP contribution >= 0.6 is 11.6 Å². The first-order valence-electron chi connectivity index (χ1n) is 4.77. The number of aryl methyl sites for hydroxylation is 1. The second-order valence-corrected chi connectivity index (χ2v) is 3.93. The van der Waals surface area contributed by atoms with E-state index in [1.807, 2.05) is 6.92 Å². The van der Waals surface area contributed by atoms with E-state index < -0.39 is 12.0 Å². The Bertz CT molecular complexity index is 406. The zero-order valence-corrected chi connectivity index (χ0v) is 9.91. The highest BCUT2D eigenvalue weighted by Crippen LogP contribution is 2.31. The van der Waals surface area contributed by atoms with Gasteiger partial charge in [-0.2, -0.15) is 0 Å². The van der Waals surface area contributed by atoms with Crippen molar-refractivity contribution >= 4 is 17.6 Å². The molecule has 4 nitrogen and oxygen atoms in total.